The number of benzene rings is 2. The Morgan fingerprint density at radius 1 is 0.969 bits per heavy atom. The van der Waals surface area contributed by atoms with Crippen molar-refractivity contribution in [2.75, 3.05) is 26.7 Å². The van der Waals surface area contributed by atoms with E-state index in [-0.39, 0.29) is 18.6 Å². The minimum atomic E-state index is -0.216. The maximum atomic E-state index is 12.8. The second-order valence-electron chi connectivity index (χ2n) is 7.96. The number of carbonyl (C=O) groups excluding carboxylic acids is 1. The van der Waals surface area contributed by atoms with Crippen molar-refractivity contribution in [1.29, 1.82) is 0 Å². The standard InChI is InChI=1S/C26H30N2O4/c1-30-21-12-10-20(11-13-21)24(28-16-6-3-7-17-28)18-27-26(29)25-15-14-23(32-25)19-31-22-8-4-2-5-9-22/h2,4-5,8-15,24H,3,6-7,16-19H2,1H3,(H,27,29)/t24-/m1/s1. The lowest BCUT2D eigenvalue weighted by atomic mass is 10.0. The monoisotopic (exact) mass is 434 g/mol. The van der Waals surface area contributed by atoms with Gasteiger partial charge in [0, 0.05) is 6.54 Å². The molecule has 4 rings (SSSR count). The van der Waals surface area contributed by atoms with Gasteiger partial charge in [0.15, 0.2) is 5.76 Å². The quantitative estimate of drug-likeness (QED) is 0.523. The van der Waals surface area contributed by atoms with Gasteiger partial charge in [-0.25, -0.2) is 0 Å². The van der Waals surface area contributed by atoms with Crippen molar-refractivity contribution < 1.29 is 18.7 Å². The van der Waals surface area contributed by atoms with Crippen LogP contribution in [0.5, 0.6) is 11.5 Å². The Hall–Kier alpha value is -3.25. The first-order valence-corrected chi connectivity index (χ1v) is 11.2. The van der Waals surface area contributed by atoms with Gasteiger partial charge in [0.1, 0.15) is 23.9 Å². The van der Waals surface area contributed by atoms with Gasteiger partial charge in [-0.3, -0.25) is 9.69 Å². The number of hydrogen-bond acceptors (Lipinski definition) is 5. The molecule has 0 bridgehead atoms. The number of piperidine rings is 1. The summed E-state index contributed by atoms with van der Waals surface area (Å²) in [7, 11) is 1.67. The summed E-state index contributed by atoms with van der Waals surface area (Å²) >= 11 is 0. The van der Waals surface area contributed by atoms with Gasteiger partial charge < -0.3 is 19.2 Å². The van der Waals surface area contributed by atoms with Crippen molar-refractivity contribution >= 4 is 5.91 Å². The van der Waals surface area contributed by atoms with Crippen molar-refractivity contribution in [1.82, 2.24) is 10.2 Å². The average molecular weight is 435 g/mol. The normalized spacial score (nSPS) is 15.2. The average Bonchev–Trinajstić information content (AvgIpc) is 3.34. The van der Waals surface area contributed by atoms with E-state index < -0.39 is 0 Å². The molecule has 0 spiro atoms. The van der Waals surface area contributed by atoms with Gasteiger partial charge >= 0.3 is 0 Å². The second kappa shape index (κ2) is 10.9. The Labute approximate surface area is 189 Å². The number of amides is 1. The zero-order chi connectivity index (χ0) is 22.2. The zero-order valence-electron chi connectivity index (χ0n) is 18.5. The largest absolute Gasteiger partial charge is 0.497 e. The van der Waals surface area contributed by atoms with Crippen LogP contribution in [-0.2, 0) is 6.61 Å². The summed E-state index contributed by atoms with van der Waals surface area (Å²) < 4.78 is 16.7. The van der Waals surface area contributed by atoms with Gasteiger partial charge in [-0.15, -0.1) is 0 Å². The Morgan fingerprint density at radius 3 is 2.44 bits per heavy atom. The van der Waals surface area contributed by atoms with Crippen LogP contribution in [0.15, 0.2) is 71.1 Å². The van der Waals surface area contributed by atoms with Crippen molar-refractivity contribution in [3.8, 4) is 11.5 Å². The molecule has 1 aromatic heterocycles. The number of likely N-dealkylation sites (tertiary alicyclic amines) is 1. The molecule has 1 aliphatic heterocycles. The Bertz CT molecular complexity index is 979. The zero-order valence-corrected chi connectivity index (χ0v) is 18.5. The first kappa shape index (κ1) is 22.0. The molecule has 6 heteroatoms. The van der Waals surface area contributed by atoms with E-state index in [1.807, 2.05) is 42.5 Å². The SMILES string of the molecule is COc1ccc([C@@H](CNC(=O)c2ccc(COc3ccccc3)o2)N2CCCCC2)cc1. The molecule has 1 fully saturated rings. The minimum absolute atomic E-state index is 0.112. The molecule has 1 N–H and O–H groups in total. The van der Waals surface area contributed by atoms with Crippen LogP contribution < -0.4 is 14.8 Å². The Morgan fingerprint density at radius 2 is 1.72 bits per heavy atom. The minimum Gasteiger partial charge on any atom is -0.497 e. The van der Waals surface area contributed by atoms with Gasteiger partial charge in [0.25, 0.3) is 5.91 Å². The number of methoxy groups -OCH3 is 1. The van der Waals surface area contributed by atoms with E-state index in [0.717, 1.165) is 24.6 Å². The molecule has 168 valence electrons. The van der Waals surface area contributed by atoms with Crippen molar-refractivity contribution in [3.05, 3.63) is 83.8 Å². The Balaban J connectivity index is 1.37. The number of furan rings is 1. The molecule has 1 saturated heterocycles. The van der Waals surface area contributed by atoms with Gasteiger partial charge in [0.2, 0.25) is 0 Å². The van der Waals surface area contributed by atoms with Crippen molar-refractivity contribution in [2.24, 2.45) is 0 Å². The van der Waals surface area contributed by atoms with E-state index >= 15 is 0 Å². The molecule has 3 aromatic rings. The number of nitrogens with one attached hydrogen (secondary N) is 1. The van der Waals surface area contributed by atoms with Crippen LogP contribution in [0.1, 0.15) is 47.2 Å². The lowest BCUT2D eigenvalue weighted by Gasteiger charge is -2.35. The highest BCUT2D eigenvalue weighted by molar-refractivity contribution is 5.91. The fourth-order valence-electron chi connectivity index (χ4n) is 4.04. The highest BCUT2D eigenvalue weighted by Gasteiger charge is 2.23. The number of para-hydroxylation sites is 1. The van der Waals surface area contributed by atoms with Crippen molar-refractivity contribution in [3.63, 3.8) is 0 Å². The number of hydrogen-bond donors (Lipinski definition) is 1. The fourth-order valence-corrected chi connectivity index (χ4v) is 4.04. The van der Waals surface area contributed by atoms with E-state index in [1.54, 1.807) is 19.2 Å². The predicted molar refractivity (Wildman–Crippen MR) is 123 cm³/mol. The molecular weight excluding hydrogens is 404 g/mol. The van der Waals surface area contributed by atoms with Crippen LogP contribution in [0.2, 0.25) is 0 Å². The third-order valence-corrected chi connectivity index (χ3v) is 5.80. The fraction of sp³-hybridized carbons (Fsp3) is 0.346. The first-order chi connectivity index (χ1) is 15.7. The van der Waals surface area contributed by atoms with Crippen LogP contribution in [0.25, 0.3) is 0 Å². The van der Waals surface area contributed by atoms with Gasteiger partial charge in [-0.05, 0) is 67.9 Å². The third kappa shape index (κ3) is 5.71. The molecular formula is C26H30N2O4. The van der Waals surface area contributed by atoms with Crippen LogP contribution >= 0.6 is 0 Å². The molecule has 1 aliphatic rings. The molecule has 2 aromatic carbocycles. The van der Waals surface area contributed by atoms with Gasteiger partial charge in [0.05, 0.1) is 13.2 Å². The maximum Gasteiger partial charge on any atom is 0.287 e. The first-order valence-electron chi connectivity index (χ1n) is 11.2. The van der Waals surface area contributed by atoms with Crippen LogP contribution in [0.3, 0.4) is 0 Å². The molecule has 0 unspecified atom stereocenters. The number of rotatable bonds is 9. The summed E-state index contributed by atoms with van der Waals surface area (Å²) in [6.07, 6.45) is 3.63. The van der Waals surface area contributed by atoms with E-state index in [2.05, 4.69) is 22.3 Å². The smallest absolute Gasteiger partial charge is 0.287 e. The van der Waals surface area contributed by atoms with E-state index in [4.69, 9.17) is 13.9 Å². The Kier molecular flexibility index (Phi) is 7.46. The van der Waals surface area contributed by atoms with E-state index in [0.29, 0.717) is 18.1 Å². The second-order valence-corrected chi connectivity index (χ2v) is 7.96. The summed E-state index contributed by atoms with van der Waals surface area (Å²) in [5, 5.41) is 3.06. The molecule has 0 saturated carbocycles. The van der Waals surface area contributed by atoms with Crippen LogP contribution in [-0.4, -0.2) is 37.6 Å². The van der Waals surface area contributed by atoms with Gasteiger partial charge in [-0.1, -0.05) is 36.8 Å². The highest BCUT2D eigenvalue weighted by Crippen LogP contribution is 2.26. The third-order valence-electron chi connectivity index (χ3n) is 5.80. The molecule has 0 radical (unpaired) electrons. The van der Waals surface area contributed by atoms with Crippen molar-refractivity contribution in [2.45, 2.75) is 31.9 Å². The molecule has 0 aliphatic carbocycles. The van der Waals surface area contributed by atoms with Crippen LogP contribution in [0.4, 0.5) is 0 Å². The van der Waals surface area contributed by atoms with E-state index in [1.165, 1.54) is 24.8 Å². The van der Waals surface area contributed by atoms with Gasteiger partial charge in [-0.2, -0.15) is 0 Å². The molecule has 6 nitrogen and oxygen atoms in total. The lowest BCUT2D eigenvalue weighted by Crippen LogP contribution is -2.40. The summed E-state index contributed by atoms with van der Waals surface area (Å²) in [6, 6.07) is 21.2. The topological polar surface area (TPSA) is 63.9 Å². The summed E-state index contributed by atoms with van der Waals surface area (Å²) in [5.41, 5.74) is 1.17. The van der Waals surface area contributed by atoms with E-state index in [9.17, 15) is 4.79 Å². The highest BCUT2D eigenvalue weighted by atomic mass is 16.5. The molecule has 1 atom stereocenters. The molecule has 1 amide bonds. The number of carbonyl (C=O) groups is 1. The predicted octanol–water partition coefficient (Wildman–Crippen LogP) is 4.82. The number of nitrogens with zero attached hydrogens (tertiary/aromatic N) is 1. The summed E-state index contributed by atoms with van der Waals surface area (Å²) in [6.45, 7) is 2.86. The number of ether oxygens (including phenoxy) is 2. The lowest BCUT2D eigenvalue weighted by molar-refractivity contribution is 0.0893. The maximum absolute atomic E-state index is 12.8. The molecule has 2 heterocycles. The molecule has 32 heavy (non-hydrogen) atoms. The summed E-state index contributed by atoms with van der Waals surface area (Å²) in [4.78, 5) is 15.2. The van der Waals surface area contributed by atoms with Crippen LogP contribution in [0, 0.1) is 0 Å². The summed E-state index contributed by atoms with van der Waals surface area (Å²) in [5.74, 6) is 2.28.